The van der Waals surface area contributed by atoms with E-state index in [4.69, 9.17) is 0 Å². The smallest absolute Gasteiger partial charge is 0.0658 e. The van der Waals surface area contributed by atoms with Crippen molar-refractivity contribution < 1.29 is 5.11 Å². The third kappa shape index (κ3) is 2.74. The summed E-state index contributed by atoms with van der Waals surface area (Å²) in [6.45, 7) is 6.30. The van der Waals surface area contributed by atoms with E-state index in [0.717, 1.165) is 12.1 Å². The van der Waals surface area contributed by atoms with Crippen LogP contribution in [0.2, 0.25) is 0 Å². The average Bonchev–Trinajstić information content (AvgIpc) is 2.18. The van der Waals surface area contributed by atoms with Gasteiger partial charge in [0.25, 0.3) is 0 Å². The monoisotopic (exact) mass is 193 g/mol. The van der Waals surface area contributed by atoms with Crippen LogP contribution in [0.1, 0.15) is 25.8 Å². The molecule has 0 aromatic heterocycles. The molecule has 0 saturated heterocycles. The Morgan fingerprint density at radius 1 is 1.43 bits per heavy atom. The second-order valence-corrected chi connectivity index (χ2v) is 4.07. The minimum absolute atomic E-state index is 0.150. The van der Waals surface area contributed by atoms with E-state index < -0.39 is 0 Å². The van der Waals surface area contributed by atoms with Gasteiger partial charge in [-0.2, -0.15) is 0 Å². The lowest BCUT2D eigenvalue weighted by atomic mass is 9.99. The van der Waals surface area contributed by atoms with Crippen molar-refractivity contribution in [2.75, 3.05) is 11.9 Å². The summed E-state index contributed by atoms with van der Waals surface area (Å²) < 4.78 is 0. The van der Waals surface area contributed by atoms with Crippen molar-refractivity contribution in [1.29, 1.82) is 0 Å². The molecule has 1 aromatic rings. The van der Waals surface area contributed by atoms with Gasteiger partial charge >= 0.3 is 0 Å². The van der Waals surface area contributed by atoms with Crippen molar-refractivity contribution in [3.8, 4) is 0 Å². The van der Waals surface area contributed by atoms with Crippen LogP contribution in [0.4, 0.5) is 5.69 Å². The summed E-state index contributed by atoms with van der Waals surface area (Å²) in [5.74, 6) is 0. The predicted molar refractivity (Wildman–Crippen MR) is 60.6 cm³/mol. The summed E-state index contributed by atoms with van der Waals surface area (Å²) in [4.78, 5) is 0. The molecule has 0 amide bonds. The van der Waals surface area contributed by atoms with E-state index in [0.29, 0.717) is 0 Å². The number of anilines is 1. The zero-order chi connectivity index (χ0) is 10.6. The fourth-order valence-electron chi connectivity index (χ4n) is 1.31. The van der Waals surface area contributed by atoms with E-state index in [1.807, 2.05) is 19.1 Å². The first-order chi connectivity index (χ1) is 6.59. The van der Waals surface area contributed by atoms with Crippen LogP contribution in [0.25, 0.3) is 0 Å². The van der Waals surface area contributed by atoms with E-state index in [2.05, 4.69) is 31.3 Å². The number of benzene rings is 1. The number of aliphatic hydroxyl groups is 1. The molecule has 0 fully saturated rings. The van der Waals surface area contributed by atoms with Gasteiger partial charge in [-0.3, -0.25) is 0 Å². The number of hydrogen-bond acceptors (Lipinski definition) is 2. The summed E-state index contributed by atoms with van der Waals surface area (Å²) in [6.07, 6.45) is 0.900. The molecule has 0 heterocycles. The van der Waals surface area contributed by atoms with Crippen molar-refractivity contribution in [3.05, 3.63) is 29.8 Å². The van der Waals surface area contributed by atoms with Crippen LogP contribution in [0.15, 0.2) is 24.3 Å². The molecule has 0 aliphatic carbocycles. The Balaban J connectivity index is 2.77. The van der Waals surface area contributed by atoms with Crippen LogP contribution in [0, 0.1) is 6.92 Å². The lowest BCUT2D eigenvalue weighted by molar-refractivity contribution is 0.219. The lowest BCUT2D eigenvalue weighted by Gasteiger charge is -2.28. The van der Waals surface area contributed by atoms with E-state index >= 15 is 0 Å². The van der Waals surface area contributed by atoms with Gasteiger partial charge in [-0.1, -0.05) is 19.1 Å². The Morgan fingerprint density at radius 3 is 2.64 bits per heavy atom. The number of rotatable bonds is 4. The molecule has 1 aromatic carbocycles. The predicted octanol–water partition coefficient (Wildman–Crippen LogP) is 2.57. The van der Waals surface area contributed by atoms with Gasteiger partial charge in [0.15, 0.2) is 0 Å². The Kier molecular flexibility index (Phi) is 3.53. The molecular weight excluding hydrogens is 174 g/mol. The standard InChI is InChI=1S/C12H19NO/c1-4-12(3,9-14)13-11-7-5-6-10(2)8-11/h5-8,13-14H,4,9H2,1-3H3. The fourth-order valence-corrected chi connectivity index (χ4v) is 1.31. The first-order valence-electron chi connectivity index (χ1n) is 5.05. The van der Waals surface area contributed by atoms with Gasteiger partial charge in [0.05, 0.1) is 12.1 Å². The molecule has 0 aliphatic rings. The molecule has 2 N–H and O–H groups in total. The zero-order valence-electron chi connectivity index (χ0n) is 9.17. The molecule has 2 nitrogen and oxygen atoms in total. The van der Waals surface area contributed by atoms with E-state index in [-0.39, 0.29) is 12.1 Å². The Morgan fingerprint density at radius 2 is 2.14 bits per heavy atom. The molecule has 0 spiro atoms. The van der Waals surface area contributed by atoms with Crippen molar-refractivity contribution >= 4 is 5.69 Å². The van der Waals surface area contributed by atoms with Gasteiger partial charge in [-0.15, -0.1) is 0 Å². The highest BCUT2D eigenvalue weighted by Crippen LogP contribution is 2.18. The molecular formula is C12H19NO. The second-order valence-electron chi connectivity index (χ2n) is 4.07. The Hall–Kier alpha value is -1.02. The van der Waals surface area contributed by atoms with Gasteiger partial charge in [-0.05, 0) is 38.0 Å². The molecule has 0 radical (unpaired) electrons. The number of nitrogens with one attached hydrogen (secondary N) is 1. The Labute approximate surface area is 86.0 Å². The van der Waals surface area contributed by atoms with Crippen molar-refractivity contribution in [1.82, 2.24) is 0 Å². The zero-order valence-corrected chi connectivity index (χ0v) is 9.17. The maximum absolute atomic E-state index is 9.25. The van der Waals surface area contributed by atoms with Gasteiger partial charge in [0, 0.05) is 5.69 Å². The normalized spacial score (nSPS) is 14.9. The summed E-state index contributed by atoms with van der Waals surface area (Å²) in [5.41, 5.74) is 2.09. The van der Waals surface area contributed by atoms with Crippen LogP contribution < -0.4 is 5.32 Å². The highest BCUT2D eigenvalue weighted by molar-refractivity contribution is 5.47. The van der Waals surface area contributed by atoms with E-state index in [1.165, 1.54) is 5.56 Å². The third-order valence-corrected chi connectivity index (χ3v) is 2.59. The first-order valence-corrected chi connectivity index (χ1v) is 5.05. The number of aryl methyl sites for hydroxylation is 1. The molecule has 1 atom stereocenters. The first kappa shape index (κ1) is 11.1. The van der Waals surface area contributed by atoms with E-state index in [9.17, 15) is 5.11 Å². The minimum Gasteiger partial charge on any atom is -0.394 e. The van der Waals surface area contributed by atoms with Crippen LogP contribution in [0.5, 0.6) is 0 Å². The fraction of sp³-hybridized carbons (Fsp3) is 0.500. The molecule has 78 valence electrons. The SMILES string of the molecule is CCC(C)(CO)Nc1cccc(C)c1. The molecule has 0 aliphatic heterocycles. The largest absolute Gasteiger partial charge is 0.394 e. The average molecular weight is 193 g/mol. The highest BCUT2D eigenvalue weighted by atomic mass is 16.3. The highest BCUT2D eigenvalue weighted by Gasteiger charge is 2.19. The number of hydrogen-bond donors (Lipinski definition) is 2. The topological polar surface area (TPSA) is 32.3 Å². The molecule has 1 unspecified atom stereocenters. The summed E-state index contributed by atoms with van der Waals surface area (Å²) in [5, 5.41) is 12.6. The third-order valence-electron chi connectivity index (χ3n) is 2.59. The van der Waals surface area contributed by atoms with E-state index in [1.54, 1.807) is 0 Å². The Bertz CT molecular complexity index is 292. The van der Waals surface area contributed by atoms with Crippen molar-refractivity contribution in [2.45, 2.75) is 32.7 Å². The van der Waals surface area contributed by atoms with Gasteiger partial charge < -0.3 is 10.4 Å². The van der Waals surface area contributed by atoms with Crippen LogP contribution in [-0.4, -0.2) is 17.3 Å². The number of aliphatic hydroxyl groups excluding tert-OH is 1. The van der Waals surface area contributed by atoms with Crippen LogP contribution in [0.3, 0.4) is 0 Å². The maximum Gasteiger partial charge on any atom is 0.0658 e. The summed E-state index contributed by atoms with van der Waals surface area (Å²) >= 11 is 0. The van der Waals surface area contributed by atoms with Gasteiger partial charge in [0.1, 0.15) is 0 Å². The van der Waals surface area contributed by atoms with Crippen molar-refractivity contribution in [2.24, 2.45) is 0 Å². The van der Waals surface area contributed by atoms with Crippen LogP contribution in [-0.2, 0) is 0 Å². The van der Waals surface area contributed by atoms with Gasteiger partial charge in [0.2, 0.25) is 0 Å². The molecule has 0 bridgehead atoms. The van der Waals surface area contributed by atoms with Crippen molar-refractivity contribution in [3.63, 3.8) is 0 Å². The van der Waals surface area contributed by atoms with Crippen LogP contribution >= 0.6 is 0 Å². The summed E-state index contributed by atoms with van der Waals surface area (Å²) in [7, 11) is 0. The lowest BCUT2D eigenvalue weighted by Crippen LogP contribution is -2.37. The molecule has 0 saturated carbocycles. The maximum atomic E-state index is 9.25. The summed E-state index contributed by atoms with van der Waals surface area (Å²) in [6, 6.07) is 8.19. The second kappa shape index (κ2) is 4.47. The molecule has 2 heteroatoms. The quantitative estimate of drug-likeness (QED) is 0.770. The minimum atomic E-state index is -0.214. The molecule has 1 rings (SSSR count). The van der Waals surface area contributed by atoms with Gasteiger partial charge in [-0.25, -0.2) is 0 Å². The molecule has 14 heavy (non-hydrogen) atoms.